The van der Waals surface area contributed by atoms with Crippen LogP contribution in [0.15, 0.2) is 0 Å². The standard InChI is InChI=1S/C34H66O5Si3/c1-23(14-17-31(35)36-4)26-15-16-27-32-28(22-30(34(26,27)3)39-42(11,12)13)33(2)19-18-25(37-40(5,6)7)20-24(33)21-29(32)38-41(8,9)10/h23-30,32H,14-22H2,1-13H3/t23-,24-,25-,26-,27+,28+,29+,30+,32+,33+,34-/m1/s1. The maximum atomic E-state index is 12.1. The molecule has 0 saturated heterocycles. The molecule has 0 amide bonds. The molecule has 0 aromatic rings. The molecule has 11 atom stereocenters. The zero-order valence-electron chi connectivity index (χ0n) is 29.6. The third-order valence-electron chi connectivity index (χ3n) is 12.0. The van der Waals surface area contributed by atoms with Crippen molar-refractivity contribution in [2.75, 3.05) is 7.11 Å². The Kier molecular flexibility index (Phi) is 10.2. The van der Waals surface area contributed by atoms with Gasteiger partial charge in [0.05, 0.1) is 13.2 Å². The van der Waals surface area contributed by atoms with Gasteiger partial charge in [-0.05, 0) is 157 Å². The van der Waals surface area contributed by atoms with E-state index < -0.39 is 25.0 Å². The predicted molar refractivity (Wildman–Crippen MR) is 181 cm³/mol. The molecule has 0 N–H and O–H groups in total. The first-order valence-electron chi connectivity index (χ1n) is 17.3. The molecule has 0 radical (unpaired) electrons. The van der Waals surface area contributed by atoms with Crippen molar-refractivity contribution in [3.63, 3.8) is 0 Å². The minimum absolute atomic E-state index is 0.0799. The van der Waals surface area contributed by atoms with Crippen LogP contribution in [-0.4, -0.2) is 56.3 Å². The second-order valence-corrected chi connectivity index (χ2v) is 31.6. The van der Waals surface area contributed by atoms with E-state index in [1.165, 1.54) is 52.1 Å². The van der Waals surface area contributed by atoms with Crippen LogP contribution in [0.4, 0.5) is 0 Å². The Morgan fingerprint density at radius 3 is 2.00 bits per heavy atom. The molecule has 4 aliphatic rings. The molecule has 4 fully saturated rings. The molecule has 5 nitrogen and oxygen atoms in total. The van der Waals surface area contributed by atoms with Crippen LogP contribution in [0.5, 0.6) is 0 Å². The number of ether oxygens (including phenoxy) is 1. The van der Waals surface area contributed by atoms with Crippen LogP contribution in [0.3, 0.4) is 0 Å². The van der Waals surface area contributed by atoms with Crippen LogP contribution in [-0.2, 0) is 22.8 Å². The average Bonchev–Trinajstić information content (AvgIpc) is 3.19. The van der Waals surface area contributed by atoms with Crippen molar-refractivity contribution >= 4 is 30.9 Å². The largest absolute Gasteiger partial charge is 0.469 e. The highest BCUT2D eigenvalue weighted by atomic mass is 28.4. The molecule has 0 bridgehead atoms. The summed E-state index contributed by atoms with van der Waals surface area (Å²) in [5, 5.41) is 0. The summed E-state index contributed by atoms with van der Waals surface area (Å²) >= 11 is 0. The minimum atomic E-state index is -1.79. The Balaban J connectivity index is 1.72. The number of carbonyl (C=O) groups is 1. The van der Waals surface area contributed by atoms with Gasteiger partial charge in [0.2, 0.25) is 0 Å². The number of hydrogen-bond acceptors (Lipinski definition) is 5. The predicted octanol–water partition coefficient (Wildman–Crippen LogP) is 9.11. The first kappa shape index (κ1) is 34.9. The van der Waals surface area contributed by atoms with Gasteiger partial charge in [-0.1, -0.05) is 20.8 Å². The third-order valence-corrected chi connectivity index (χ3v) is 15.0. The molecule has 4 rings (SSSR count). The Morgan fingerprint density at radius 2 is 1.43 bits per heavy atom. The molecular weight excluding hydrogens is 573 g/mol. The molecule has 8 heteroatoms. The second-order valence-electron chi connectivity index (χ2n) is 18.2. The zero-order chi connectivity index (χ0) is 31.5. The van der Waals surface area contributed by atoms with Gasteiger partial charge >= 0.3 is 5.97 Å². The van der Waals surface area contributed by atoms with Gasteiger partial charge in [0.25, 0.3) is 0 Å². The fraction of sp³-hybridized carbons (Fsp3) is 0.971. The molecule has 42 heavy (non-hydrogen) atoms. The van der Waals surface area contributed by atoms with Gasteiger partial charge in [-0.25, -0.2) is 0 Å². The van der Waals surface area contributed by atoms with E-state index in [4.69, 9.17) is 18.0 Å². The fourth-order valence-corrected chi connectivity index (χ4v) is 14.1. The molecular formula is C34H66O5Si3. The molecule has 0 aliphatic heterocycles. The van der Waals surface area contributed by atoms with E-state index in [0.717, 1.165) is 6.42 Å². The third kappa shape index (κ3) is 7.35. The molecule has 0 aromatic carbocycles. The highest BCUT2D eigenvalue weighted by molar-refractivity contribution is 6.70. The molecule has 0 aromatic heterocycles. The van der Waals surface area contributed by atoms with Crippen LogP contribution in [0.1, 0.15) is 78.6 Å². The van der Waals surface area contributed by atoms with Gasteiger partial charge in [0.15, 0.2) is 25.0 Å². The zero-order valence-corrected chi connectivity index (χ0v) is 32.6. The van der Waals surface area contributed by atoms with Crippen LogP contribution >= 0.6 is 0 Å². The Hall–Kier alpha value is 0.000649. The maximum absolute atomic E-state index is 12.1. The topological polar surface area (TPSA) is 54.0 Å². The first-order chi connectivity index (χ1) is 19.2. The molecule has 0 heterocycles. The Morgan fingerprint density at radius 1 is 0.810 bits per heavy atom. The van der Waals surface area contributed by atoms with Gasteiger partial charge in [-0.2, -0.15) is 0 Å². The number of methoxy groups -OCH3 is 1. The van der Waals surface area contributed by atoms with Crippen molar-refractivity contribution in [3.05, 3.63) is 0 Å². The summed E-state index contributed by atoms with van der Waals surface area (Å²) < 4.78 is 26.4. The van der Waals surface area contributed by atoms with E-state index in [-0.39, 0.29) is 17.5 Å². The number of carbonyl (C=O) groups excluding carboxylic acids is 1. The van der Waals surface area contributed by atoms with Gasteiger partial charge in [0.1, 0.15) is 0 Å². The Labute approximate surface area is 262 Å². The van der Waals surface area contributed by atoms with Crippen LogP contribution in [0, 0.1) is 46.3 Å². The maximum Gasteiger partial charge on any atom is 0.305 e. The van der Waals surface area contributed by atoms with E-state index >= 15 is 0 Å². The molecule has 4 saturated carbocycles. The highest BCUT2D eigenvalue weighted by Gasteiger charge is 2.67. The molecule has 0 unspecified atom stereocenters. The number of esters is 1. The summed E-state index contributed by atoms with van der Waals surface area (Å²) in [7, 11) is -3.61. The van der Waals surface area contributed by atoms with Gasteiger partial charge in [-0.15, -0.1) is 0 Å². The normalized spacial score (nSPS) is 41.5. The number of rotatable bonds is 10. The molecule has 4 aliphatic carbocycles. The van der Waals surface area contributed by atoms with E-state index in [9.17, 15) is 4.79 Å². The van der Waals surface area contributed by atoms with E-state index in [1.807, 2.05) is 0 Å². The molecule has 0 spiro atoms. The van der Waals surface area contributed by atoms with E-state index in [0.29, 0.717) is 59.6 Å². The summed E-state index contributed by atoms with van der Waals surface area (Å²) in [4.78, 5) is 12.1. The Bertz CT molecular complexity index is 954. The fourth-order valence-electron chi connectivity index (χ4n) is 10.5. The smallest absolute Gasteiger partial charge is 0.305 e. The lowest BCUT2D eigenvalue weighted by atomic mass is 9.43. The van der Waals surface area contributed by atoms with Crippen LogP contribution in [0.2, 0.25) is 58.9 Å². The van der Waals surface area contributed by atoms with Crippen molar-refractivity contribution in [3.8, 4) is 0 Å². The lowest BCUT2D eigenvalue weighted by molar-refractivity contribution is -0.199. The number of hydrogen-bond donors (Lipinski definition) is 0. The van der Waals surface area contributed by atoms with E-state index in [2.05, 4.69) is 79.7 Å². The lowest BCUT2D eigenvalue weighted by Gasteiger charge is -2.66. The van der Waals surface area contributed by atoms with Crippen molar-refractivity contribution in [1.29, 1.82) is 0 Å². The van der Waals surface area contributed by atoms with Crippen molar-refractivity contribution in [1.82, 2.24) is 0 Å². The van der Waals surface area contributed by atoms with Gasteiger partial charge < -0.3 is 18.0 Å². The van der Waals surface area contributed by atoms with Gasteiger partial charge in [-0.3, -0.25) is 4.79 Å². The quantitative estimate of drug-likeness (QED) is 0.176. The monoisotopic (exact) mass is 638 g/mol. The lowest BCUT2D eigenvalue weighted by Crippen LogP contribution is -2.64. The minimum Gasteiger partial charge on any atom is -0.469 e. The van der Waals surface area contributed by atoms with Crippen LogP contribution in [0.25, 0.3) is 0 Å². The summed E-state index contributed by atoms with van der Waals surface area (Å²) in [5.41, 5.74) is 0.430. The summed E-state index contributed by atoms with van der Waals surface area (Å²) in [5.74, 6) is 3.45. The van der Waals surface area contributed by atoms with Crippen molar-refractivity contribution in [2.24, 2.45) is 46.3 Å². The highest BCUT2D eigenvalue weighted by Crippen LogP contribution is 2.69. The van der Waals surface area contributed by atoms with Crippen molar-refractivity contribution in [2.45, 2.75) is 156 Å². The first-order valence-corrected chi connectivity index (χ1v) is 27.5. The van der Waals surface area contributed by atoms with Crippen LogP contribution < -0.4 is 0 Å². The van der Waals surface area contributed by atoms with Gasteiger partial charge in [0, 0.05) is 18.6 Å². The second kappa shape index (κ2) is 12.3. The summed E-state index contributed by atoms with van der Waals surface area (Å²) in [6, 6.07) is 0. The van der Waals surface area contributed by atoms with Crippen molar-refractivity contribution < 1.29 is 22.8 Å². The number of fused-ring (bicyclic) bond motifs is 5. The summed E-state index contributed by atoms with van der Waals surface area (Å²) in [6.45, 7) is 29.0. The van der Waals surface area contributed by atoms with E-state index in [1.54, 1.807) is 0 Å². The SMILES string of the molecule is COC(=O)CC[C@@H](C)[C@H]1CC[C@H]2[C@@H]3[C@@H](O[Si](C)(C)C)C[C@H]4C[C@H](O[Si](C)(C)C)CC[C@]4(C)[C@H]3C[C@H](O[Si](C)(C)C)[C@]12C. The summed E-state index contributed by atoms with van der Waals surface area (Å²) in [6.07, 6.45) is 11.0. The average molecular weight is 639 g/mol. The molecule has 244 valence electrons.